The maximum atomic E-state index is 14.3. The molecule has 0 radical (unpaired) electrons. The standard InChI is InChI=1S/C27H29FN2O6S/c1-5-18(2)30(27(32)23-8-6-7-9-24(23)28)17-20-10-15-25(35-4)26(16-20)36-37(33,34)22-13-11-21(12-14-22)29-19(3)31/h6-16,18H,5,17H2,1-4H3,(H,29,31). The molecule has 3 aromatic carbocycles. The molecular weight excluding hydrogens is 499 g/mol. The molecular formula is C27H29FN2O6S. The number of anilines is 1. The van der Waals surface area contributed by atoms with Gasteiger partial charge < -0.3 is 19.1 Å². The molecule has 0 bridgehead atoms. The van der Waals surface area contributed by atoms with Gasteiger partial charge in [-0.05, 0) is 67.4 Å². The molecule has 8 nitrogen and oxygen atoms in total. The summed E-state index contributed by atoms with van der Waals surface area (Å²) in [6.07, 6.45) is 0.628. The van der Waals surface area contributed by atoms with Gasteiger partial charge in [-0.3, -0.25) is 9.59 Å². The summed E-state index contributed by atoms with van der Waals surface area (Å²) in [6.45, 7) is 5.21. The molecule has 3 rings (SSSR count). The van der Waals surface area contributed by atoms with Gasteiger partial charge in [0.2, 0.25) is 5.91 Å². The van der Waals surface area contributed by atoms with Crippen molar-refractivity contribution in [3.8, 4) is 11.5 Å². The first kappa shape index (κ1) is 27.7. The minimum Gasteiger partial charge on any atom is -0.493 e. The van der Waals surface area contributed by atoms with E-state index in [1.165, 1.54) is 67.5 Å². The molecule has 3 aromatic rings. The first-order valence-corrected chi connectivity index (χ1v) is 13.0. The van der Waals surface area contributed by atoms with Crippen LogP contribution >= 0.6 is 0 Å². The number of nitrogens with one attached hydrogen (secondary N) is 1. The molecule has 0 aliphatic carbocycles. The predicted molar refractivity (Wildman–Crippen MR) is 138 cm³/mol. The first-order chi connectivity index (χ1) is 17.6. The predicted octanol–water partition coefficient (Wildman–Crippen LogP) is 5.00. The molecule has 1 atom stereocenters. The quantitative estimate of drug-likeness (QED) is 0.372. The van der Waals surface area contributed by atoms with E-state index in [1.807, 2.05) is 13.8 Å². The second kappa shape index (κ2) is 11.9. The Kier molecular flexibility index (Phi) is 8.88. The minimum absolute atomic E-state index is 0.0435. The van der Waals surface area contributed by atoms with E-state index in [2.05, 4.69) is 5.32 Å². The van der Waals surface area contributed by atoms with Crippen molar-refractivity contribution < 1.29 is 31.3 Å². The van der Waals surface area contributed by atoms with Crippen molar-refractivity contribution in [1.29, 1.82) is 0 Å². The van der Waals surface area contributed by atoms with Gasteiger partial charge in [-0.1, -0.05) is 25.1 Å². The van der Waals surface area contributed by atoms with E-state index in [9.17, 15) is 22.4 Å². The fourth-order valence-electron chi connectivity index (χ4n) is 3.59. The minimum atomic E-state index is -4.25. The van der Waals surface area contributed by atoms with Crippen LogP contribution in [0.1, 0.15) is 43.1 Å². The average molecular weight is 529 g/mol. The lowest BCUT2D eigenvalue weighted by atomic mass is 10.1. The van der Waals surface area contributed by atoms with E-state index in [0.29, 0.717) is 17.7 Å². The molecule has 1 unspecified atom stereocenters. The number of rotatable bonds is 10. The van der Waals surface area contributed by atoms with E-state index in [4.69, 9.17) is 8.92 Å². The van der Waals surface area contributed by atoms with Crippen molar-refractivity contribution in [2.75, 3.05) is 12.4 Å². The number of carbonyl (C=O) groups is 2. The summed E-state index contributed by atoms with van der Waals surface area (Å²) in [5.74, 6) is -1.26. The number of benzene rings is 3. The summed E-state index contributed by atoms with van der Waals surface area (Å²) in [5.41, 5.74) is 0.964. The zero-order valence-electron chi connectivity index (χ0n) is 21.0. The normalized spacial score (nSPS) is 11.9. The number of hydrogen-bond acceptors (Lipinski definition) is 6. The molecule has 0 fully saturated rings. The molecule has 2 amide bonds. The van der Waals surface area contributed by atoms with Crippen molar-refractivity contribution in [2.24, 2.45) is 0 Å². The van der Waals surface area contributed by atoms with Crippen molar-refractivity contribution in [2.45, 2.75) is 44.7 Å². The zero-order valence-corrected chi connectivity index (χ0v) is 21.8. The monoisotopic (exact) mass is 528 g/mol. The van der Waals surface area contributed by atoms with Crippen LogP contribution in [0.25, 0.3) is 0 Å². The van der Waals surface area contributed by atoms with Crippen molar-refractivity contribution in [3.05, 3.63) is 83.7 Å². The van der Waals surface area contributed by atoms with Gasteiger partial charge in [-0.15, -0.1) is 0 Å². The van der Waals surface area contributed by atoms with Crippen LogP contribution in [0.3, 0.4) is 0 Å². The second-order valence-electron chi connectivity index (χ2n) is 8.40. The zero-order chi connectivity index (χ0) is 27.2. The number of carbonyl (C=O) groups excluding carboxylic acids is 2. The number of hydrogen-bond donors (Lipinski definition) is 1. The average Bonchev–Trinajstić information content (AvgIpc) is 2.86. The molecule has 0 spiro atoms. The van der Waals surface area contributed by atoms with Gasteiger partial charge >= 0.3 is 10.1 Å². The summed E-state index contributed by atoms with van der Waals surface area (Å²) in [5, 5.41) is 2.56. The first-order valence-electron chi connectivity index (χ1n) is 11.6. The maximum Gasteiger partial charge on any atom is 0.339 e. The Morgan fingerprint density at radius 2 is 1.70 bits per heavy atom. The van der Waals surface area contributed by atoms with Gasteiger partial charge in [-0.25, -0.2) is 4.39 Å². The van der Waals surface area contributed by atoms with Gasteiger partial charge in [0.1, 0.15) is 10.7 Å². The van der Waals surface area contributed by atoms with Crippen LogP contribution in [0, 0.1) is 5.82 Å². The maximum absolute atomic E-state index is 14.3. The van der Waals surface area contributed by atoms with Crippen LogP contribution in [0.4, 0.5) is 10.1 Å². The Morgan fingerprint density at radius 1 is 1.03 bits per heavy atom. The van der Waals surface area contributed by atoms with Crippen LogP contribution in [0.15, 0.2) is 71.6 Å². The Balaban J connectivity index is 1.90. The fourth-order valence-corrected chi connectivity index (χ4v) is 4.53. The van der Waals surface area contributed by atoms with Crippen LogP contribution in [0.5, 0.6) is 11.5 Å². The second-order valence-corrected chi connectivity index (χ2v) is 9.94. The van der Waals surface area contributed by atoms with Crippen LogP contribution < -0.4 is 14.2 Å². The van der Waals surface area contributed by atoms with Crippen molar-refractivity contribution >= 4 is 27.6 Å². The molecule has 10 heteroatoms. The van der Waals surface area contributed by atoms with Crippen molar-refractivity contribution in [1.82, 2.24) is 4.90 Å². The Bertz CT molecular complexity index is 1380. The molecule has 196 valence electrons. The van der Waals surface area contributed by atoms with Gasteiger partial charge in [0.05, 0.1) is 12.7 Å². The number of methoxy groups -OCH3 is 1. The summed E-state index contributed by atoms with van der Waals surface area (Å²) < 4.78 is 50.9. The SMILES string of the molecule is CCC(C)N(Cc1ccc(OC)c(OS(=O)(=O)c2ccc(NC(C)=O)cc2)c1)C(=O)c1ccccc1F. The summed E-state index contributed by atoms with van der Waals surface area (Å²) in [7, 11) is -2.87. The molecule has 0 aromatic heterocycles. The Morgan fingerprint density at radius 3 is 2.30 bits per heavy atom. The smallest absolute Gasteiger partial charge is 0.339 e. The lowest BCUT2D eigenvalue weighted by Gasteiger charge is -2.29. The molecule has 0 saturated carbocycles. The highest BCUT2D eigenvalue weighted by Gasteiger charge is 2.25. The summed E-state index contributed by atoms with van der Waals surface area (Å²) in [4.78, 5) is 25.8. The highest BCUT2D eigenvalue weighted by Crippen LogP contribution is 2.32. The van der Waals surface area contributed by atoms with Gasteiger partial charge in [-0.2, -0.15) is 8.42 Å². The largest absolute Gasteiger partial charge is 0.493 e. The van der Waals surface area contributed by atoms with E-state index in [0.717, 1.165) is 0 Å². The molecule has 0 aliphatic heterocycles. The third kappa shape index (κ3) is 6.85. The highest BCUT2D eigenvalue weighted by atomic mass is 32.2. The molecule has 37 heavy (non-hydrogen) atoms. The van der Waals surface area contributed by atoms with Crippen LogP contribution in [-0.4, -0.2) is 38.3 Å². The summed E-state index contributed by atoms with van der Waals surface area (Å²) in [6, 6.07) is 15.8. The highest BCUT2D eigenvalue weighted by molar-refractivity contribution is 7.87. The fraction of sp³-hybridized carbons (Fsp3) is 0.259. The molecule has 0 aliphatic rings. The molecule has 0 saturated heterocycles. The number of ether oxygens (including phenoxy) is 1. The number of halogens is 1. The lowest BCUT2D eigenvalue weighted by Crippen LogP contribution is -2.38. The number of nitrogens with zero attached hydrogens (tertiary/aromatic N) is 1. The summed E-state index contributed by atoms with van der Waals surface area (Å²) >= 11 is 0. The third-order valence-corrected chi connectivity index (χ3v) is 6.98. The van der Waals surface area contributed by atoms with E-state index >= 15 is 0 Å². The molecule has 1 N–H and O–H groups in total. The number of amides is 2. The van der Waals surface area contributed by atoms with Gasteiger partial charge in [0, 0.05) is 25.2 Å². The Hall–Kier alpha value is -3.92. The van der Waals surface area contributed by atoms with Crippen LogP contribution in [0.2, 0.25) is 0 Å². The lowest BCUT2D eigenvalue weighted by molar-refractivity contribution is -0.114. The van der Waals surface area contributed by atoms with E-state index in [1.54, 1.807) is 18.2 Å². The van der Waals surface area contributed by atoms with Crippen LogP contribution in [-0.2, 0) is 21.5 Å². The topological polar surface area (TPSA) is 102 Å². The Labute approximate surface area is 216 Å². The van der Waals surface area contributed by atoms with Crippen molar-refractivity contribution in [3.63, 3.8) is 0 Å². The van der Waals surface area contributed by atoms with E-state index < -0.39 is 21.8 Å². The molecule has 0 heterocycles. The van der Waals surface area contributed by atoms with Gasteiger partial charge in [0.15, 0.2) is 11.5 Å². The van der Waals surface area contributed by atoms with Gasteiger partial charge in [0.25, 0.3) is 5.91 Å². The third-order valence-electron chi connectivity index (χ3n) is 5.73. The van der Waals surface area contributed by atoms with E-state index in [-0.39, 0.29) is 40.5 Å².